The second kappa shape index (κ2) is 6.44. The third kappa shape index (κ3) is 3.85. The zero-order valence-corrected chi connectivity index (χ0v) is 12.8. The lowest BCUT2D eigenvalue weighted by Crippen LogP contribution is -2.36. The molecule has 0 radical (unpaired) electrons. The number of nitrogens with zero attached hydrogens (tertiary/aromatic N) is 1. The maximum Gasteiger partial charge on any atom is 0.254 e. The van der Waals surface area contributed by atoms with Gasteiger partial charge in [-0.15, -0.1) is 0 Å². The van der Waals surface area contributed by atoms with Gasteiger partial charge in [-0.1, -0.05) is 29.8 Å². The van der Waals surface area contributed by atoms with E-state index >= 15 is 0 Å². The molecule has 0 saturated carbocycles. The van der Waals surface area contributed by atoms with Crippen LogP contribution in [0.3, 0.4) is 0 Å². The Labute approximate surface area is 126 Å². The first kappa shape index (κ1) is 15.1. The quantitative estimate of drug-likeness (QED) is 0.870. The number of hydrogen-bond acceptors (Lipinski definition) is 2. The molecule has 0 atom stereocenters. The molecular weight excluding hydrogens is 260 g/mol. The summed E-state index contributed by atoms with van der Waals surface area (Å²) >= 11 is 0. The van der Waals surface area contributed by atoms with Crippen molar-refractivity contribution < 1.29 is 4.79 Å². The van der Waals surface area contributed by atoms with Gasteiger partial charge in [0.2, 0.25) is 0 Å². The van der Waals surface area contributed by atoms with Gasteiger partial charge < -0.3 is 10.6 Å². The molecule has 0 spiro atoms. The van der Waals surface area contributed by atoms with E-state index in [1.165, 1.54) is 0 Å². The zero-order chi connectivity index (χ0) is 15.4. The van der Waals surface area contributed by atoms with Gasteiger partial charge in [0.05, 0.1) is 0 Å². The Hall–Kier alpha value is -2.29. The lowest BCUT2D eigenvalue weighted by molar-refractivity contribution is 0.0690. The molecule has 3 heteroatoms. The van der Waals surface area contributed by atoms with Gasteiger partial charge in [0.1, 0.15) is 0 Å². The predicted molar refractivity (Wildman–Crippen MR) is 87.0 cm³/mol. The summed E-state index contributed by atoms with van der Waals surface area (Å²) in [5, 5.41) is 0. The molecule has 2 N–H and O–H groups in total. The first-order valence-electron chi connectivity index (χ1n) is 7.19. The molecule has 0 aliphatic heterocycles. The van der Waals surface area contributed by atoms with E-state index in [0.29, 0.717) is 6.54 Å². The summed E-state index contributed by atoms with van der Waals surface area (Å²) < 4.78 is 0. The molecule has 0 heterocycles. The van der Waals surface area contributed by atoms with Crippen molar-refractivity contribution in [3.05, 3.63) is 65.2 Å². The van der Waals surface area contributed by atoms with Crippen molar-refractivity contribution in [2.24, 2.45) is 0 Å². The van der Waals surface area contributed by atoms with E-state index in [-0.39, 0.29) is 11.9 Å². The monoisotopic (exact) mass is 282 g/mol. The Bertz CT molecular complexity index is 600. The third-order valence-corrected chi connectivity index (χ3v) is 3.52. The molecule has 2 aromatic rings. The average molecular weight is 282 g/mol. The summed E-state index contributed by atoms with van der Waals surface area (Å²) in [6.07, 6.45) is 0. The van der Waals surface area contributed by atoms with Crippen molar-refractivity contribution in [3.8, 4) is 0 Å². The van der Waals surface area contributed by atoms with Gasteiger partial charge in [-0.05, 0) is 50.6 Å². The van der Waals surface area contributed by atoms with Crippen LogP contribution in [0.1, 0.15) is 35.3 Å². The van der Waals surface area contributed by atoms with Crippen molar-refractivity contribution in [3.63, 3.8) is 0 Å². The second-order valence-corrected chi connectivity index (χ2v) is 5.63. The zero-order valence-electron chi connectivity index (χ0n) is 12.8. The van der Waals surface area contributed by atoms with Crippen LogP contribution in [-0.4, -0.2) is 16.8 Å². The Balaban J connectivity index is 2.20. The van der Waals surface area contributed by atoms with Gasteiger partial charge in [0, 0.05) is 23.8 Å². The molecule has 0 aliphatic rings. The van der Waals surface area contributed by atoms with E-state index in [1.54, 1.807) is 0 Å². The van der Waals surface area contributed by atoms with Gasteiger partial charge in [0.15, 0.2) is 0 Å². The van der Waals surface area contributed by atoms with Gasteiger partial charge in [0.25, 0.3) is 5.91 Å². The Morgan fingerprint density at radius 1 is 1.05 bits per heavy atom. The minimum Gasteiger partial charge on any atom is -0.399 e. The van der Waals surface area contributed by atoms with Crippen LogP contribution in [0, 0.1) is 6.92 Å². The summed E-state index contributed by atoms with van der Waals surface area (Å²) in [4.78, 5) is 14.5. The Kier molecular flexibility index (Phi) is 4.63. The fourth-order valence-electron chi connectivity index (χ4n) is 2.17. The summed E-state index contributed by atoms with van der Waals surface area (Å²) in [5.74, 6) is 0.0572. The van der Waals surface area contributed by atoms with Gasteiger partial charge >= 0.3 is 0 Å². The number of hydrogen-bond donors (Lipinski definition) is 1. The summed E-state index contributed by atoms with van der Waals surface area (Å²) in [5.41, 5.74) is 9.40. The van der Waals surface area contributed by atoms with E-state index < -0.39 is 0 Å². The molecule has 3 nitrogen and oxygen atoms in total. The normalized spacial score (nSPS) is 10.7. The van der Waals surface area contributed by atoms with Gasteiger partial charge in [-0.25, -0.2) is 0 Å². The number of nitrogen functional groups attached to an aromatic ring is 1. The van der Waals surface area contributed by atoms with Crippen LogP contribution in [0.5, 0.6) is 0 Å². The van der Waals surface area contributed by atoms with Crippen LogP contribution >= 0.6 is 0 Å². The molecule has 21 heavy (non-hydrogen) atoms. The first-order valence-corrected chi connectivity index (χ1v) is 7.19. The smallest absolute Gasteiger partial charge is 0.254 e. The SMILES string of the molecule is Cc1ccc(C(=O)N(Cc2ccc(N)cc2)C(C)C)cc1. The molecule has 0 bridgehead atoms. The topological polar surface area (TPSA) is 46.3 Å². The molecule has 0 aromatic heterocycles. The van der Waals surface area contributed by atoms with Crippen LogP contribution in [0.25, 0.3) is 0 Å². The fraction of sp³-hybridized carbons (Fsp3) is 0.278. The predicted octanol–water partition coefficient (Wildman–Crippen LogP) is 3.63. The molecule has 2 aromatic carbocycles. The van der Waals surface area contributed by atoms with Crippen molar-refractivity contribution >= 4 is 11.6 Å². The van der Waals surface area contributed by atoms with Crippen LogP contribution < -0.4 is 5.73 Å². The summed E-state index contributed by atoms with van der Waals surface area (Å²) in [6.45, 7) is 6.67. The average Bonchev–Trinajstić information content (AvgIpc) is 2.46. The largest absolute Gasteiger partial charge is 0.399 e. The first-order chi connectivity index (χ1) is 9.97. The van der Waals surface area contributed by atoms with Crippen LogP contribution in [-0.2, 0) is 6.54 Å². The lowest BCUT2D eigenvalue weighted by Gasteiger charge is -2.27. The van der Waals surface area contributed by atoms with Crippen molar-refractivity contribution in [2.45, 2.75) is 33.4 Å². The molecule has 0 fully saturated rings. The number of nitrogens with two attached hydrogens (primary N) is 1. The van der Waals surface area contributed by atoms with Crippen molar-refractivity contribution in [2.75, 3.05) is 5.73 Å². The van der Waals surface area contributed by atoms with Gasteiger partial charge in [-0.3, -0.25) is 4.79 Å². The van der Waals surface area contributed by atoms with Crippen LogP contribution in [0.4, 0.5) is 5.69 Å². The van der Waals surface area contributed by atoms with E-state index in [9.17, 15) is 4.79 Å². The number of rotatable bonds is 4. The molecule has 0 unspecified atom stereocenters. The number of anilines is 1. The van der Waals surface area contributed by atoms with Crippen LogP contribution in [0.2, 0.25) is 0 Å². The van der Waals surface area contributed by atoms with E-state index in [2.05, 4.69) is 0 Å². The fourth-order valence-corrected chi connectivity index (χ4v) is 2.17. The highest BCUT2D eigenvalue weighted by Gasteiger charge is 2.18. The highest BCUT2D eigenvalue weighted by atomic mass is 16.2. The van der Waals surface area contributed by atoms with Gasteiger partial charge in [-0.2, -0.15) is 0 Å². The minimum atomic E-state index is 0.0572. The van der Waals surface area contributed by atoms with E-state index in [0.717, 1.165) is 22.4 Å². The molecular formula is C18H22N2O. The number of amides is 1. The van der Waals surface area contributed by atoms with E-state index in [1.807, 2.05) is 74.2 Å². The highest BCUT2D eigenvalue weighted by molar-refractivity contribution is 5.94. The second-order valence-electron chi connectivity index (χ2n) is 5.63. The molecule has 0 saturated heterocycles. The lowest BCUT2D eigenvalue weighted by atomic mass is 10.1. The Morgan fingerprint density at radius 3 is 2.14 bits per heavy atom. The molecule has 110 valence electrons. The third-order valence-electron chi connectivity index (χ3n) is 3.52. The number of benzene rings is 2. The standard InChI is InChI=1S/C18H22N2O/c1-13(2)20(12-15-6-10-17(19)11-7-15)18(21)16-8-4-14(3)5-9-16/h4-11,13H,12,19H2,1-3H3. The Morgan fingerprint density at radius 2 is 1.62 bits per heavy atom. The molecule has 2 rings (SSSR count). The molecule has 0 aliphatic carbocycles. The highest BCUT2D eigenvalue weighted by Crippen LogP contribution is 2.15. The van der Waals surface area contributed by atoms with Crippen LogP contribution in [0.15, 0.2) is 48.5 Å². The number of carbonyl (C=O) groups excluding carboxylic acids is 1. The maximum atomic E-state index is 12.7. The number of carbonyl (C=O) groups is 1. The summed E-state index contributed by atoms with van der Waals surface area (Å²) in [6, 6.07) is 15.5. The number of aryl methyl sites for hydroxylation is 1. The molecule has 1 amide bonds. The minimum absolute atomic E-state index is 0.0572. The van der Waals surface area contributed by atoms with Crippen molar-refractivity contribution in [1.82, 2.24) is 4.90 Å². The maximum absolute atomic E-state index is 12.7. The van der Waals surface area contributed by atoms with E-state index in [4.69, 9.17) is 5.73 Å². The van der Waals surface area contributed by atoms with Crippen molar-refractivity contribution in [1.29, 1.82) is 0 Å². The summed E-state index contributed by atoms with van der Waals surface area (Å²) in [7, 11) is 0.